The van der Waals surface area contributed by atoms with Crippen LogP contribution >= 0.6 is 11.6 Å². The first kappa shape index (κ1) is 16.2. The maximum atomic E-state index is 12.0. The largest absolute Gasteiger partial charge is 0.497 e. The molecule has 2 aromatic rings. The zero-order valence-electron chi connectivity index (χ0n) is 12.5. The van der Waals surface area contributed by atoms with Crippen LogP contribution in [-0.2, 0) is 11.3 Å². The molecule has 0 aromatic heterocycles. The Kier molecular flexibility index (Phi) is 5.67. The van der Waals surface area contributed by atoms with Gasteiger partial charge in [0.05, 0.1) is 7.11 Å². The number of hydrogen-bond donors (Lipinski definition) is 1. The van der Waals surface area contributed by atoms with Crippen molar-refractivity contribution in [3.05, 3.63) is 59.1 Å². The third-order valence-electron chi connectivity index (χ3n) is 3.10. The summed E-state index contributed by atoms with van der Waals surface area (Å²) in [6.45, 7) is 2.14. The molecule has 22 heavy (non-hydrogen) atoms. The lowest BCUT2D eigenvalue weighted by Gasteiger charge is -2.15. The molecule has 0 unspecified atom stereocenters. The summed E-state index contributed by atoms with van der Waals surface area (Å²) in [4.78, 5) is 12.0. The van der Waals surface area contributed by atoms with Gasteiger partial charge in [-0.3, -0.25) is 4.79 Å². The van der Waals surface area contributed by atoms with Crippen LogP contribution in [0.1, 0.15) is 12.5 Å². The predicted octanol–water partition coefficient (Wildman–Crippen LogP) is 3.43. The highest BCUT2D eigenvalue weighted by Gasteiger charge is 2.14. The minimum absolute atomic E-state index is 0.184. The summed E-state index contributed by atoms with van der Waals surface area (Å²) in [6.07, 6.45) is -0.600. The summed E-state index contributed by atoms with van der Waals surface area (Å²) >= 11 is 5.88. The summed E-state index contributed by atoms with van der Waals surface area (Å²) in [6, 6.07) is 14.5. The first-order chi connectivity index (χ1) is 10.6. The van der Waals surface area contributed by atoms with E-state index in [9.17, 15) is 4.79 Å². The van der Waals surface area contributed by atoms with Gasteiger partial charge in [0.25, 0.3) is 5.91 Å². The molecule has 0 saturated heterocycles. The van der Waals surface area contributed by atoms with Gasteiger partial charge in [-0.2, -0.15) is 0 Å². The quantitative estimate of drug-likeness (QED) is 0.887. The molecule has 0 aliphatic rings. The molecule has 1 amide bonds. The number of hydrogen-bond acceptors (Lipinski definition) is 3. The number of nitrogens with one attached hydrogen (secondary N) is 1. The van der Waals surface area contributed by atoms with Crippen molar-refractivity contribution in [3.63, 3.8) is 0 Å². The molecule has 0 aliphatic carbocycles. The first-order valence-electron chi connectivity index (χ1n) is 6.91. The zero-order chi connectivity index (χ0) is 15.9. The molecular formula is C17H18ClNO3. The van der Waals surface area contributed by atoms with Crippen molar-refractivity contribution >= 4 is 17.5 Å². The molecule has 0 fully saturated rings. The Balaban J connectivity index is 1.85. The Morgan fingerprint density at radius 1 is 1.18 bits per heavy atom. The standard InChI is InChI=1S/C17H18ClNO3/c1-12(22-16-5-3-4-14(18)10-16)17(20)19-11-13-6-8-15(21-2)9-7-13/h3-10,12H,11H2,1-2H3,(H,19,20)/t12-/m0/s1. The highest BCUT2D eigenvalue weighted by atomic mass is 35.5. The van der Waals surface area contributed by atoms with E-state index in [0.717, 1.165) is 11.3 Å². The van der Waals surface area contributed by atoms with Gasteiger partial charge < -0.3 is 14.8 Å². The van der Waals surface area contributed by atoms with Gasteiger partial charge >= 0.3 is 0 Å². The van der Waals surface area contributed by atoms with Crippen LogP contribution in [0.2, 0.25) is 5.02 Å². The number of rotatable bonds is 6. The number of carbonyl (C=O) groups is 1. The second-order valence-corrected chi connectivity index (χ2v) is 5.22. The number of methoxy groups -OCH3 is 1. The molecule has 5 heteroatoms. The van der Waals surface area contributed by atoms with Crippen molar-refractivity contribution < 1.29 is 14.3 Å². The zero-order valence-corrected chi connectivity index (χ0v) is 13.3. The van der Waals surface area contributed by atoms with E-state index in [-0.39, 0.29) is 5.91 Å². The Morgan fingerprint density at radius 3 is 2.55 bits per heavy atom. The maximum Gasteiger partial charge on any atom is 0.261 e. The molecule has 0 saturated carbocycles. The minimum Gasteiger partial charge on any atom is -0.497 e. The summed E-state index contributed by atoms with van der Waals surface area (Å²) in [7, 11) is 1.62. The van der Waals surface area contributed by atoms with E-state index >= 15 is 0 Å². The van der Waals surface area contributed by atoms with E-state index < -0.39 is 6.10 Å². The van der Waals surface area contributed by atoms with Crippen LogP contribution < -0.4 is 14.8 Å². The fraction of sp³-hybridized carbons (Fsp3) is 0.235. The Bertz CT molecular complexity index is 628. The van der Waals surface area contributed by atoms with E-state index in [1.165, 1.54) is 0 Å². The lowest BCUT2D eigenvalue weighted by Crippen LogP contribution is -2.35. The van der Waals surface area contributed by atoms with Gasteiger partial charge in [0.1, 0.15) is 11.5 Å². The molecule has 0 radical (unpaired) electrons. The third kappa shape index (κ3) is 4.67. The van der Waals surface area contributed by atoms with Gasteiger partial charge in [-0.15, -0.1) is 0 Å². The summed E-state index contributed by atoms with van der Waals surface area (Å²) in [5.74, 6) is 1.17. The molecule has 4 nitrogen and oxygen atoms in total. The minimum atomic E-state index is -0.600. The summed E-state index contributed by atoms with van der Waals surface area (Å²) < 4.78 is 10.7. The van der Waals surface area contributed by atoms with Crippen LogP contribution in [0, 0.1) is 0 Å². The van der Waals surface area contributed by atoms with Gasteiger partial charge in [-0.05, 0) is 42.8 Å². The number of amides is 1. The molecule has 2 rings (SSSR count). The van der Waals surface area contributed by atoms with Crippen molar-refractivity contribution in [2.24, 2.45) is 0 Å². The fourth-order valence-corrected chi connectivity index (χ4v) is 2.05. The molecule has 0 spiro atoms. The molecule has 2 aromatic carbocycles. The Hall–Kier alpha value is -2.20. The van der Waals surface area contributed by atoms with Crippen LogP contribution in [0.15, 0.2) is 48.5 Å². The summed E-state index contributed by atoms with van der Waals surface area (Å²) in [5.41, 5.74) is 0.990. The van der Waals surface area contributed by atoms with Crippen molar-refractivity contribution in [1.82, 2.24) is 5.32 Å². The van der Waals surface area contributed by atoms with Crippen LogP contribution in [0.3, 0.4) is 0 Å². The Labute approximate surface area is 135 Å². The fourth-order valence-electron chi connectivity index (χ4n) is 1.87. The van der Waals surface area contributed by atoms with Crippen molar-refractivity contribution in [3.8, 4) is 11.5 Å². The van der Waals surface area contributed by atoms with E-state index in [4.69, 9.17) is 21.1 Å². The Morgan fingerprint density at radius 2 is 1.91 bits per heavy atom. The number of ether oxygens (including phenoxy) is 2. The second-order valence-electron chi connectivity index (χ2n) is 4.78. The molecule has 0 heterocycles. The van der Waals surface area contributed by atoms with E-state index in [1.54, 1.807) is 38.3 Å². The monoisotopic (exact) mass is 319 g/mol. The normalized spacial score (nSPS) is 11.6. The number of halogens is 1. The molecule has 116 valence electrons. The van der Waals surface area contributed by atoms with Crippen molar-refractivity contribution in [1.29, 1.82) is 0 Å². The van der Waals surface area contributed by atoms with Crippen LogP contribution in [0.25, 0.3) is 0 Å². The van der Waals surface area contributed by atoms with Crippen molar-refractivity contribution in [2.75, 3.05) is 7.11 Å². The van der Waals surface area contributed by atoms with Gasteiger partial charge in [0, 0.05) is 11.6 Å². The molecule has 0 bridgehead atoms. The molecular weight excluding hydrogens is 302 g/mol. The van der Waals surface area contributed by atoms with Crippen LogP contribution in [0.4, 0.5) is 0 Å². The maximum absolute atomic E-state index is 12.0. The van der Waals surface area contributed by atoms with E-state index in [0.29, 0.717) is 17.3 Å². The van der Waals surface area contributed by atoms with Crippen molar-refractivity contribution in [2.45, 2.75) is 19.6 Å². The molecule has 1 atom stereocenters. The lowest BCUT2D eigenvalue weighted by atomic mass is 10.2. The number of carbonyl (C=O) groups excluding carboxylic acids is 1. The smallest absolute Gasteiger partial charge is 0.261 e. The SMILES string of the molecule is COc1ccc(CNC(=O)[C@H](C)Oc2cccc(Cl)c2)cc1. The van der Waals surface area contributed by atoms with E-state index in [1.807, 2.05) is 24.3 Å². The topological polar surface area (TPSA) is 47.6 Å². The van der Waals surface area contributed by atoms with Gasteiger partial charge in [0.2, 0.25) is 0 Å². The van der Waals surface area contributed by atoms with Gasteiger partial charge in [0.15, 0.2) is 6.10 Å². The van der Waals surface area contributed by atoms with Crippen LogP contribution in [0.5, 0.6) is 11.5 Å². The highest BCUT2D eigenvalue weighted by molar-refractivity contribution is 6.30. The van der Waals surface area contributed by atoms with Crippen LogP contribution in [-0.4, -0.2) is 19.1 Å². The average Bonchev–Trinajstić information content (AvgIpc) is 2.53. The molecule has 1 N–H and O–H groups in total. The summed E-state index contributed by atoms with van der Waals surface area (Å²) in [5, 5.41) is 3.41. The highest BCUT2D eigenvalue weighted by Crippen LogP contribution is 2.18. The second kappa shape index (κ2) is 7.71. The average molecular weight is 320 g/mol. The third-order valence-corrected chi connectivity index (χ3v) is 3.34. The lowest BCUT2D eigenvalue weighted by molar-refractivity contribution is -0.127. The first-order valence-corrected chi connectivity index (χ1v) is 7.29. The van der Waals surface area contributed by atoms with E-state index in [2.05, 4.69) is 5.32 Å². The molecule has 0 aliphatic heterocycles. The predicted molar refractivity (Wildman–Crippen MR) is 86.4 cm³/mol. The van der Waals surface area contributed by atoms with Gasteiger partial charge in [-0.1, -0.05) is 29.8 Å². The van der Waals surface area contributed by atoms with Gasteiger partial charge in [-0.25, -0.2) is 0 Å². The number of benzene rings is 2.